The Bertz CT molecular complexity index is 234. The van der Waals surface area contributed by atoms with E-state index >= 15 is 0 Å². The molecule has 0 aliphatic carbocycles. The van der Waals surface area contributed by atoms with Gasteiger partial charge in [-0.05, 0) is 0 Å². The number of nitrogens with zero attached hydrogens (tertiary/aromatic N) is 3. The number of aromatic nitrogens is 3. The van der Waals surface area contributed by atoms with E-state index in [9.17, 15) is 9.90 Å². The Morgan fingerprint density at radius 2 is 2.40 bits per heavy atom. The summed E-state index contributed by atoms with van der Waals surface area (Å²) < 4.78 is 1.30. The SMILES string of the molecule is Cn1cnc(C(=O)[O-])n1.[Na+]. The molecule has 0 atom stereocenters. The zero-order valence-electron chi connectivity index (χ0n) is 5.74. The Balaban J connectivity index is 0.000000810. The summed E-state index contributed by atoms with van der Waals surface area (Å²) >= 11 is 0. The maximum Gasteiger partial charge on any atom is 1.00 e. The molecule has 1 heterocycles. The number of carboxylic acid groups (broad SMARTS) is 1. The Morgan fingerprint density at radius 3 is 2.60 bits per heavy atom. The van der Waals surface area contributed by atoms with Crippen LogP contribution >= 0.6 is 0 Å². The third-order valence-corrected chi connectivity index (χ3v) is 0.782. The smallest absolute Gasteiger partial charge is 0.541 e. The molecule has 1 aromatic rings. The van der Waals surface area contributed by atoms with Crippen molar-refractivity contribution in [3.63, 3.8) is 0 Å². The van der Waals surface area contributed by atoms with Gasteiger partial charge in [-0.1, -0.05) is 0 Å². The van der Waals surface area contributed by atoms with Gasteiger partial charge >= 0.3 is 29.6 Å². The van der Waals surface area contributed by atoms with Gasteiger partial charge in [0.1, 0.15) is 12.3 Å². The van der Waals surface area contributed by atoms with Gasteiger partial charge in [0.25, 0.3) is 0 Å². The molecule has 0 bridgehead atoms. The number of aromatic carboxylic acids is 1. The van der Waals surface area contributed by atoms with E-state index < -0.39 is 5.97 Å². The van der Waals surface area contributed by atoms with Gasteiger partial charge in [0.05, 0.1) is 0 Å². The van der Waals surface area contributed by atoms with Crippen LogP contribution in [0.1, 0.15) is 10.6 Å². The zero-order chi connectivity index (χ0) is 6.85. The predicted molar refractivity (Wildman–Crippen MR) is 25.3 cm³/mol. The van der Waals surface area contributed by atoms with Crippen LogP contribution in [-0.2, 0) is 7.05 Å². The van der Waals surface area contributed by atoms with E-state index in [1.54, 1.807) is 7.05 Å². The average molecular weight is 149 g/mol. The van der Waals surface area contributed by atoms with Gasteiger partial charge in [-0.3, -0.25) is 4.68 Å². The molecule has 1 rings (SSSR count). The quantitative estimate of drug-likeness (QED) is 0.375. The summed E-state index contributed by atoms with van der Waals surface area (Å²) in [5.41, 5.74) is 0. The van der Waals surface area contributed by atoms with Crippen LogP contribution in [0.4, 0.5) is 0 Å². The first-order valence-corrected chi connectivity index (χ1v) is 2.27. The molecule has 0 aliphatic heterocycles. The van der Waals surface area contributed by atoms with Crippen molar-refractivity contribution in [1.82, 2.24) is 14.8 Å². The van der Waals surface area contributed by atoms with Crippen LogP contribution in [0.5, 0.6) is 0 Å². The second-order valence-corrected chi connectivity index (χ2v) is 1.53. The minimum atomic E-state index is -1.35. The van der Waals surface area contributed by atoms with Crippen LogP contribution in [-0.4, -0.2) is 20.7 Å². The minimum absolute atomic E-state index is 0. The van der Waals surface area contributed by atoms with Crippen molar-refractivity contribution in [2.24, 2.45) is 7.05 Å². The normalized spacial score (nSPS) is 8.50. The van der Waals surface area contributed by atoms with Gasteiger partial charge in [0.15, 0.2) is 5.82 Å². The number of carbonyl (C=O) groups excluding carboxylic acids is 1. The van der Waals surface area contributed by atoms with Crippen LogP contribution in [0.15, 0.2) is 6.33 Å². The standard InChI is InChI=1S/C4H5N3O2.Na/c1-7-2-5-3(6-7)4(8)9;/h2H,1H3,(H,8,9);/q;+1/p-1. The van der Waals surface area contributed by atoms with Crippen molar-refractivity contribution >= 4 is 5.97 Å². The number of carbonyl (C=O) groups is 1. The molecule has 0 aromatic carbocycles. The molecule has 0 unspecified atom stereocenters. The van der Waals surface area contributed by atoms with Crippen LogP contribution in [0.2, 0.25) is 0 Å². The number of carboxylic acids is 1. The van der Waals surface area contributed by atoms with Gasteiger partial charge < -0.3 is 9.90 Å². The molecular weight excluding hydrogens is 145 g/mol. The van der Waals surface area contributed by atoms with Crippen molar-refractivity contribution in [1.29, 1.82) is 0 Å². The summed E-state index contributed by atoms with van der Waals surface area (Å²) in [5, 5.41) is 13.4. The maximum atomic E-state index is 9.96. The fourth-order valence-electron chi connectivity index (χ4n) is 0.433. The van der Waals surface area contributed by atoms with Crippen LogP contribution in [0.3, 0.4) is 0 Å². The number of aryl methyl sites for hydroxylation is 1. The Kier molecular flexibility index (Phi) is 3.55. The maximum absolute atomic E-state index is 9.96. The molecule has 0 aliphatic rings. The fourth-order valence-corrected chi connectivity index (χ4v) is 0.433. The Hall–Kier alpha value is -0.390. The number of hydrogen-bond donors (Lipinski definition) is 0. The molecule has 6 heteroatoms. The predicted octanol–water partition coefficient (Wildman–Crippen LogP) is -4.82. The first kappa shape index (κ1) is 9.61. The molecule has 0 fully saturated rings. The monoisotopic (exact) mass is 149 g/mol. The van der Waals surface area contributed by atoms with E-state index in [2.05, 4.69) is 10.1 Å². The first-order chi connectivity index (χ1) is 4.20. The van der Waals surface area contributed by atoms with Crippen LogP contribution in [0, 0.1) is 0 Å². The Labute approximate surface area is 79.4 Å². The first-order valence-electron chi connectivity index (χ1n) is 2.27. The summed E-state index contributed by atoms with van der Waals surface area (Å²) in [6, 6.07) is 0. The van der Waals surface area contributed by atoms with E-state index in [1.807, 2.05) is 0 Å². The molecule has 0 saturated carbocycles. The minimum Gasteiger partial charge on any atom is -0.541 e. The van der Waals surface area contributed by atoms with Crippen molar-refractivity contribution in [2.75, 3.05) is 0 Å². The molecule has 0 N–H and O–H groups in total. The fraction of sp³-hybridized carbons (Fsp3) is 0.250. The molecule has 48 valence electrons. The second-order valence-electron chi connectivity index (χ2n) is 1.53. The molecule has 0 spiro atoms. The second kappa shape index (κ2) is 3.70. The zero-order valence-corrected chi connectivity index (χ0v) is 7.74. The summed E-state index contributed by atoms with van der Waals surface area (Å²) in [6.07, 6.45) is 1.30. The van der Waals surface area contributed by atoms with Gasteiger partial charge in [0.2, 0.25) is 0 Å². The third kappa shape index (κ3) is 2.09. The molecule has 0 radical (unpaired) electrons. The van der Waals surface area contributed by atoms with Gasteiger partial charge in [-0.25, -0.2) is 4.98 Å². The molecule has 0 saturated heterocycles. The molecule has 1 aromatic heterocycles. The van der Waals surface area contributed by atoms with Crippen molar-refractivity contribution in [3.05, 3.63) is 12.2 Å². The number of hydrogen-bond acceptors (Lipinski definition) is 4. The van der Waals surface area contributed by atoms with Crippen LogP contribution in [0.25, 0.3) is 0 Å². The van der Waals surface area contributed by atoms with E-state index in [4.69, 9.17) is 0 Å². The van der Waals surface area contributed by atoms with Gasteiger partial charge in [-0.2, -0.15) is 0 Å². The molecule has 5 nitrogen and oxygen atoms in total. The van der Waals surface area contributed by atoms with E-state index in [1.165, 1.54) is 11.0 Å². The van der Waals surface area contributed by atoms with E-state index in [0.717, 1.165) is 0 Å². The largest absolute Gasteiger partial charge is 1.00 e. The van der Waals surface area contributed by atoms with Gasteiger partial charge in [-0.15, -0.1) is 5.10 Å². The summed E-state index contributed by atoms with van der Waals surface area (Å²) in [6.45, 7) is 0. The molecule has 0 amide bonds. The Morgan fingerprint density at radius 1 is 1.80 bits per heavy atom. The third-order valence-electron chi connectivity index (χ3n) is 0.782. The average Bonchev–Trinajstić information content (AvgIpc) is 2.14. The summed E-state index contributed by atoms with van der Waals surface area (Å²) in [5.74, 6) is -1.63. The van der Waals surface area contributed by atoms with Crippen molar-refractivity contribution in [2.45, 2.75) is 0 Å². The van der Waals surface area contributed by atoms with Crippen LogP contribution < -0.4 is 34.7 Å². The van der Waals surface area contributed by atoms with E-state index in [0.29, 0.717) is 0 Å². The molecule has 10 heavy (non-hydrogen) atoms. The van der Waals surface area contributed by atoms with Crippen molar-refractivity contribution in [3.8, 4) is 0 Å². The van der Waals surface area contributed by atoms with E-state index in [-0.39, 0.29) is 35.4 Å². The number of rotatable bonds is 1. The summed E-state index contributed by atoms with van der Waals surface area (Å²) in [7, 11) is 1.58. The molecular formula is C4H4N3NaO2. The van der Waals surface area contributed by atoms with Crippen molar-refractivity contribution < 1.29 is 39.5 Å². The van der Waals surface area contributed by atoms with Gasteiger partial charge in [0, 0.05) is 7.05 Å². The summed E-state index contributed by atoms with van der Waals surface area (Å²) in [4.78, 5) is 13.4. The topological polar surface area (TPSA) is 70.8 Å².